The number of carbonyl (C=O) groups is 2. The molecule has 0 aromatic heterocycles. The van der Waals surface area contributed by atoms with Crippen molar-refractivity contribution < 1.29 is 19.4 Å². The van der Waals surface area contributed by atoms with E-state index >= 15 is 0 Å². The number of carboxylic acids is 1. The van der Waals surface area contributed by atoms with Gasteiger partial charge in [0.2, 0.25) is 0 Å². The van der Waals surface area contributed by atoms with Gasteiger partial charge in [0.15, 0.2) is 0 Å². The Morgan fingerprint density at radius 2 is 1.68 bits per heavy atom. The molecular formula is C22H18N2O4. The number of nitrogens with one attached hydrogen (secondary N) is 1. The zero-order valence-corrected chi connectivity index (χ0v) is 15.1. The highest BCUT2D eigenvalue weighted by Gasteiger charge is 2.34. The van der Waals surface area contributed by atoms with E-state index in [4.69, 9.17) is 9.84 Å². The van der Waals surface area contributed by atoms with Gasteiger partial charge in [-0.1, -0.05) is 24.3 Å². The average Bonchev–Trinajstić information content (AvgIpc) is 2.74. The molecular weight excluding hydrogens is 356 g/mol. The number of anilines is 2. The van der Waals surface area contributed by atoms with Crippen molar-refractivity contribution in [2.75, 3.05) is 17.3 Å². The van der Waals surface area contributed by atoms with Crippen molar-refractivity contribution in [2.45, 2.75) is 6.17 Å². The van der Waals surface area contributed by atoms with Crippen molar-refractivity contribution in [3.8, 4) is 5.75 Å². The summed E-state index contributed by atoms with van der Waals surface area (Å²) >= 11 is 0. The van der Waals surface area contributed by atoms with Crippen LogP contribution in [-0.4, -0.2) is 24.1 Å². The molecule has 3 aromatic carbocycles. The van der Waals surface area contributed by atoms with Crippen molar-refractivity contribution in [3.63, 3.8) is 0 Å². The van der Waals surface area contributed by atoms with Crippen molar-refractivity contribution in [1.29, 1.82) is 0 Å². The minimum Gasteiger partial charge on any atom is -0.497 e. The molecule has 1 aliphatic heterocycles. The van der Waals surface area contributed by atoms with E-state index in [2.05, 4.69) is 5.32 Å². The second-order valence-corrected chi connectivity index (χ2v) is 6.39. The largest absolute Gasteiger partial charge is 0.497 e. The van der Waals surface area contributed by atoms with E-state index in [0.29, 0.717) is 17.0 Å². The Balaban J connectivity index is 1.80. The van der Waals surface area contributed by atoms with Crippen LogP contribution in [0.5, 0.6) is 5.75 Å². The standard InChI is InChI=1S/C22H18N2O4/c1-28-17-12-10-16(11-13-17)24-20(14-6-8-15(9-7-14)22(26)27)23-19-5-3-2-4-18(19)21(24)25/h2-13,20,23H,1H3,(H,26,27)/t20-/m0/s1. The summed E-state index contributed by atoms with van der Waals surface area (Å²) in [7, 11) is 1.59. The number of fused-ring (bicyclic) bond motifs is 1. The third-order valence-electron chi connectivity index (χ3n) is 4.75. The lowest BCUT2D eigenvalue weighted by Gasteiger charge is -2.38. The Hall–Kier alpha value is -3.80. The molecule has 6 nitrogen and oxygen atoms in total. The highest BCUT2D eigenvalue weighted by Crippen LogP contribution is 2.37. The fraction of sp³-hybridized carbons (Fsp3) is 0.0909. The quantitative estimate of drug-likeness (QED) is 0.717. The zero-order valence-electron chi connectivity index (χ0n) is 15.1. The fourth-order valence-electron chi connectivity index (χ4n) is 3.30. The molecule has 2 N–H and O–H groups in total. The number of ether oxygens (including phenoxy) is 1. The Morgan fingerprint density at radius 1 is 1.00 bits per heavy atom. The summed E-state index contributed by atoms with van der Waals surface area (Å²) < 4.78 is 5.21. The van der Waals surface area contributed by atoms with Crippen LogP contribution in [0.3, 0.4) is 0 Å². The number of benzene rings is 3. The van der Waals surface area contributed by atoms with E-state index in [1.165, 1.54) is 12.1 Å². The molecule has 1 aliphatic rings. The summed E-state index contributed by atoms with van der Waals surface area (Å²) in [6.45, 7) is 0. The topological polar surface area (TPSA) is 78.9 Å². The van der Waals surface area contributed by atoms with Gasteiger partial charge >= 0.3 is 5.97 Å². The Morgan fingerprint density at radius 3 is 2.32 bits per heavy atom. The Bertz CT molecular complexity index is 1030. The van der Waals surface area contributed by atoms with Crippen LogP contribution in [0.15, 0.2) is 72.8 Å². The maximum atomic E-state index is 13.3. The first-order valence-electron chi connectivity index (χ1n) is 8.75. The number of amides is 1. The van der Waals surface area contributed by atoms with Gasteiger partial charge in [-0.2, -0.15) is 0 Å². The van der Waals surface area contributed by atoms with Crippen LogP contribution in [0.25, 0.3) is 0 Å². The number of rotatable bonds is 4. The second kappa shape index (κ2) is 7.08. The molecule has 0 aliphatic carbocycles. The van der Waals surface area contributed by atoms with Crippen LogP contribution in [0.1, 0.15) is 32.4 Å². The SMILES string of the molecule is COc1ccc(N2C(=O)c3ccccc3N[C@@H]2c2ccc(C(=O)O)cc2)cc1. The lowest BCUT2D eigenvalue weighted by Crippen LogP contribution is -2.43. The third-order valence-corrected chi connectivity index (χ3v) is 4.75. The number of carbonyl (C=O) groups excluding carboxylic acids is 1. The summed E-state index contributed by atoms with van der Waals surface area (Å²) in [6.07, 6.45) is -0.473. The lowest BCUT2D eigenvalue weighted by atomic mass is 10.0. The van der Waals surface area contributed by atoms with Gasteiger partial charge in [-0.25, -0.2) is 4.79 Å². The molecule has 140 valence electrons. The number of methoxy groups -OCH3 is 1. The molecule has 4 rings (SSSR count). The molecule has 6 heteroatoms. The number of hydrogen-bond donors (Lipinski definition) is 2. The molecule has 0 bridgehead atoms. The van der Waals surface area contributed by atoms with E-state index in [1.807, 2.05) is 30.3 Å². The maximum absolute atomic E-state index is 13.3. The van der Waals surface area contributed by atoms with Gasteiger partial charge in [0, 0.05) is 11.4 Å². The number of hydrogen-bond acceptors (Lipinski definition) is 4. The molecule has 0 spiro atoms. The van der Waals surface area contributed by atoms with Gasteiger partial charge in [-0.15, -0.1) is 0 Å². The highest BCUT2D eigenvalue weighted by molar-refractivity contribution is 6.12. The summed E-state index contributed by atoms with van der Waals surface area (Å²) in [5, 5.41) is 12.5. The van der Waals surface area contributed by atoms with Crippen molar-refractivity contribution in [1.82, 2.24) is 0 Å². The van der Waals surface area contributed by atoms with E-state index < -0.39 is 12.1 Å². The van der Waals surface area contributed by atoms with E-state index in [0.717, 1.165) is 11.3 Å². The normalized spacial score (nSPS) is 15.5. The first-order valence-corrected chi connectivity index (χ1v) is 8.75. The van der Waals surface area contributed by atoms with Crippen LogP contribution >= 0.6 is 0 Å². The summed E-state index contributed by atoms with van der Waals surface area (Å²) in [6, 6.07) is 21.1. The molecule has 3 aromatic rings. The maximum Gasteiger partial charge on any atom is 0.335 e. The first kappa shape index (κ1) is 17.6. The van der Waals surface area contributed by atoms with Crippen LogP contribution < -0.4 is 15.0 Å². The Labute approximate surface area is 162 Å². The average molecular weight is 374 g/mol. The van der Waals surface area contributed by atoms with Gasteiger partial charge in [0.25, 0.3) is 5.91 Å². The van der Waals surface area contributed by atoms with E-state index in [-0.39, 0.29) is 11.5 Å². The summed E-state index contributed by atoms with van der Waals surface area (Å²) in [5.41, 5.74) is 3.01. The first-order chi connectivity index (χ1) is 13.6. The molecule has 1 atom stereocenters. The van der Waals surface area contributed by atoms with Crippen LogP contribution in [-0.2, 0) is 0 Å². The highest BCUT2D eigenvalue weighted by atomic mass is 16.5. The van der Waals surface area contributed by atoms with E-state index in [9.17, 15) is 9.59 Å². The Kier molecular flexibility index (Phi) is 4.45. The molecule has 1 amide bonds. The smallest absolute Gasteiger partial charge is 0.335 e. The van der Waals surface area contributed by atoms with Crippen LogP contribution in [0.2, 0.25) is 0 Å². The molecule has 0 saturated heterocycles. The van der Waals surface area contributed by atoms with Crippen molar-refractivity contribution >= 4 is 23.3 Å². The second-order valence-electron chi connectivity index (χ2n) is 6.39. The predicted molar refractivity (Wildman–Crippen MR) is 106 cm³/mol. The predicted octanol–water partition coefficient (Wildman–Crippen LogP) is 4.16. The van der Waals surface area contributed by atoms with Gasteiger partial charge in [0.1, 0.15) is 11.9 Å². The third kappa shape index (κ3) is 3.05. The zero-order chi connectivity index (χ0) is 19.7. The minimum atomic E-state index is -0.989. The summed E-state index contributed by atoms with van der Waals surface area (Å²) in [4.78, 5) is 26.1. The van der Waals surface area contributed by atoms with Gasteiger partial charge in [-0.3, -0.25) is 9.69 Å². The molecule has 0 fully saturated rings. The van der Waals surface area contributed by atoms with E-state index in [1.54, 1.807) is 42.3 Å². The van der Waals surface area contributed by atoms with Gasteiger partial charge in [0.05, 0.1) is 18.2 Å². The molecule has 1 heterocycles. The van der Waals surface area contributed by atoms with Crippen LogP contribution in [0.4, 0.5) is 11.4 Å². The summed E-state index contributed by atoms with van der Waals surface area (Å²) in [5.74, 6) is -0.424. The molecule has 0 saturated carbocycles. The molecule has 28 heavy (non-hydrogen) atoms. The van der Waals surface area contributed by atoms with Crippen molar-refractivity contribution in [2.24, 2.45) is 0 Å². The number of carboxylic acid groups (broad SMARTS) is 1. The van der Waals surface area contributed by atoms with Crippen molar-refractivity contribution in [3.05, 3.63) is 89.5 Å². The van der Waals surface area contributed by atoms with Crippen LogP contribution in [0, 0.1) is 0 Å². The molecule has 0 unspecified atom stereocenters. The number of nitrogens with zero attached hydrogens (tertiary/aromatic N) is 1. The lowest BCUT2D eigenvalue weighted by molar-refractivity contribution is 0.0696. The number of aromatic carboxylic acids is 1. The fourth-order valence-corrected chi connectivity index (χ4v) is 3.30. The van der Waals surface area contributed by atoms with Gasteiger partial charge < -0.3 is 15.2 Å². The molecule has 0 radical (unpaired) electrons. The monoisotopic (exact) mass is 374 g/mol. The number of para-hydroxylation sites is 1. The van der Waals surface area contributed by atoms with Gasteiger partial charge in [-0.05, 0) is 54.1 Å². The minimum absolute atomic E-state index is 0.133.